The molecule has 0 unspecified atom stereocenters. The number of aryl methyl sites for hydroxylation is 2. The molecule has 0 spiro atoms. The molecule has 3 rings (SSSR count). The lowest BCUT2D eigenvalue weighted by Crippen LogP contribution is -2.32. The zero-order valence-corrected chi connectivity index (χ0v) is 15.8. The highest BCUT2D eigenvalue weighted by Crippen LogP contribution is 2.33. The van der Waals surface area contributed by atoms with E-state index >= 15 is 0 Å². The first-order valence-electron chi connectivity index (χ1n) is 8.10. The predicted molar refractivity (Wildman–Crippen MR) is 103 cm³/mol. The van der Waals surface area contributed by atoms with E-state index in [9.17, 15) is 9.59 Å². The maximum absolute atomic E-state index is 12.4. The first kappa shape index (κ1) is 17.8. The summed E-state index contributed by atoms with van der Waals surface area (Å²) < 4.78 is 5.62. The Bertz CT molecular complexity index is 808. The summed E-state index contributed by atoms with van der Waals surface area (Å²) >= 11 is 2.64. The van der Waals surface area contributed by atoms with E-state index in [4.69, 9.17) is 4.74 Å². The largest absolute Gasteiger partial charge is 0.492 e. The zero-order chi connectivity index (χ0) is 17.8. The molecular formula is C19H19NO3S2. The van der Waals surface area contributed by atoms with Gasteiger partial charge in [-0.25, -0.2) is 0 Å². The molecule has 0 saturated carbocycles. The van der Waals surface area contributed by atoms with E-state index in [1.54, 1.807) is 17.4 Å². The zero-order valence-electron chi connectivity index (χ0n) is 14.2. The summed E-state index contributed by atoms with van der Waals surface area (Å²) in [6.45, 7) is 4.64. The Morgan fingerprint density at radius 1 is 1.12 bits per heavy atom. The van der Waals surface area contributed by atoms with Crippen molar-refractivity contribution in [2.75, 3.05) is 13.2 Å². The number of carbonyl (C=O) groups excluding carboxylic acids is 2. The molecule has 2 aromatic rings. The van der Waals surface area contributed by atoms with Crippen molar-refractivity contribution in [2.24, 2.45) is 0 Å². The minimum absolute atomic E-state index is 0.240. The molecule has 0 bridgehead atoms. The third-order valence-corrected chi connectivity index (χ3v) is 5.87. The maximum Gasteiger partial charge on any atom is 0.293 e. The monoisotopic (exact) mass is 373 g/mol. The number of thioether (sulfide) groups is 1. The molecule has 2 heterocycles. The van der Waals surface area contributed by atoms with Crippen LogP contribution in [0.15, 0.2) is 41.3 Å². The Balaban J connectivity index is 1.60. The van der Waals surface area contributed by atoms with E-state index < -0.39 is 0 Å². The van der Waals surface area contributed by atoms with Crippen LogP contribution in [0.1, 0.15) is 22.2 Å². The highest BCUT2D eigenvalue weighted by Gasteiger charge is 2.34. The van der Waals surface area contributed by atoms with E-state index in [1.165, 1.54) is 9.78 Å². The Kier molecular flexibility index (Phi) is 5.60. The molecule has 1 aliphatic heterocycles. The Morgan fingerprint density at radius 3 is 2.56 bits per heavy atom. The number of imide groups is 1. The van der Waals surface area contributed by atoms with Crippen LogP contribution >= 0.6 is 23.1 Å². The van der Waals surface area contributed by atoms with Crippen molar-refractivity contribution in [2.45, 2.75) is 20.3 Å². The molecule has 1 aromatic heterocycles. The number of hydrogen-bond acceptors (Lipinski definition) is 5. The molecular weight excluding hydrogens is 354 g/mol. The van der Waals surface area contributed by atoms with Crippen molar-refractivity contribution in [3.8, 4) is 5.75 Å². The van der Waals surface area contributed by atoms with Gasteiger partial charge in [0.25, 0.3) is 11.1 Å². The van der Waals surface area contributed by atoms with Crippen LogP contribution in [-0.4, -0.2) is 29.2 Å². The van der Waals surface area contributed by atoms with Gasteiger partial charge in [0.15, 0.2) is 0 Å². The van der Waals surface area contributed by atoms with Crippen molar-refractivity contribution < 1.29 is 14.3 Å². The minimum Gasteiger partial charge on any atom is -0.492 e. The highest BCUT2D eigenvalue weighted by atomic mass is 32.2. The summed E-state index contributed by atoms with van der Waals surface area (Å²) in [5.74, 6) is 0.493. The van der Waals surface area contributed by atoms with Gasteiger partial charge in [0, 0.05) is 9.75 Å². The molecule has 130 valence electrons. The van der Waals surface area contributed by atoms with Gasteiger partial charge in [0.2, 0.25) is 0 Å². The molecule has 0 atom stereocenters. The quantitative estimate of drug-likeness (QED) is 0.687. The molecule has 0 aliphatic carbocycles. The molecule has 1 saturated heterocycles. The fourth-order valence-electron chi connectivity index (χ4n) is 2.37. The summed E-state index contributed by atoms with van der Waals surface area (Å²) in [5.41, 5.74) is 1.16. The van der Waals surface area contributed by atoms with Gasteiger partial charge in [-0.05, 0) is 55.4 Å². The molecule has 1 aliphatic rings. The lowest BCUT2D eigenvalue weighted by molar-refractivity contribution is -0.123. The first-order chi connectivity index (χ1) is 12.1. The third-order valence-electron chi connectivity index (χ3n) is 3.78. The molecule has 0 N–H and O–H groups in total. The number of benzene rings is 1. The average molecular weight is 373 g/mol. The van der Waals surface area contributed by atoms with Crippen molar-refractivity contribution in [1.82, 2.24) is 4.90 Å². The Hall–Kier alpha value is -2.05. The lowest BCUT2D eigenvalue weighted by Gasteiger charge is -2.13. The van der Waals surface area contributed by atoms with Crippen LogP contribution in [0, 0.1) is 6.92 Å². The van der Waals surface area contributed by atoms with Gasteiger partial charge in [0.1, 0.15) is 12.4 Å². The van der Waals surface area contributed by atoms with Crippen molar-refractivity contribution in [3.05, 3.63) is 56.6 Å². The van der Waals surface area contributed by atoms with Gasteiger partial charge in [-0.3, -0.25) is 14.5 Å². The van der Waals surface area contributed by atoms with Crippen LogP contribution in [0.2, 0.25) is 0 Å². The van der Waals surface area contributed by atoms with Crippen LogP contribution in [0.25, 0.3) is 6.08 Å². The van der Waals surface area contributed by atoms with Crippen LogP contribution < -0.4 is 4.74 Å². The van der Waals surface area contributed by atoms with Crippen molar-refractivity contribution in [1.29, 1.82) is 0 Å². The maximum atomic E-state index is 12.4. The number of rotatable bonds is 6. The fourth-order valence-corrected chi connectivity index (χ4v) is 4.20. The first-order valence-corrected chi connectivity index (χ1v) is 9.73. The van der Waals surface area contributed by atoms with E-state index in [-0.39, 0.29) is 24.3 Å². The van der Waals surface area contributed by atoms with E-state index in [0.29, 0.717) is 4.91 Å². The number of carbonyl (C=O) groups is 2. The van der Waals surface area contributed by atoms with Gasteiger partial charge < -0.3 is 4.74 Å². The van der Waals surface area contributed by atoms with Gasteiger partial charge in [0.05, 0.1) is 11.4 Å². The van der Waals surface area contributed by atoms with Crippen LogP contribution in [0.4, 0.5) is 4.79 Å². The topological polar surface area (TPSA) is 46.6 Å². The number of hydrogen-bond donors (Lipinski definition) is 0. The number of amides is 2. The number of ether oxygens (including phenoxy) is 1. The summed E-state index contributed by atoms with van der Waals surface area (Å²) in [6.07, 6.45) is 2.77. The Labute approximate surface area is 155 Å². The highest BCUT2D eigenvalue weighted by molar-refractivity contribution is 8.18. The van der Waals surface area contributed by atoms with E-state index in [1.807, 2.05) is 37.3 Å². The van der Waals surface area contributed by atoms with E-state index in [2.05, 4.69) is 13.0 Å². The molecule has 1 aromatic carbocycles. The normalized spacial score (nSPS) is 16.1. The fraction of sp³-hybridized carbons (Fsp3) is 0.263. The smallest absolute Gasteiger partial charge is 0.293 e. The second-order valence-corrected chi connectivity index (χ2v) is 7.85. The summed E-state index contributed by atoms with van der Waals surface area (Å²) in [7, 11) is 0. The lowest BCUT2D eigenvalue weighted by atomic mass is 10.2. The predicted octanol–water partition coefficient (Wildman–Crippen LogP) is 4.73. The summed E-state index contributed by atoms with van der Waals surface area (Å²) in [4.78, 5) is 28.5. The summed E-state index contributed by atoms with van der Waals surface area (Å²) in [6, 6.07) is 11.7. The van der Waals surface area contributed by atoms with Crippen LogP contribution in [0.3, 0.4) is 0 Å². The van der Waals surface area contributed by atoms with Crippen molar-refractivity contribution in [3.63, 3.8) is 0 Å². The number of thiophene rings is 1. The molecule has 2 amide bonds. The molecule has 0 radical (unpaired) electrons. The van der Waals surface area contributed by atoms with Crippen LogP contribution in [0.5, 0.6) is 5.75 Å². The molecule has 1 fully saturated rings. The standard InChI is InChI=1S/C19H19NO3S2/c1-3-15-8-9-16(24-15)12-17-18(21)20(19(22)25-17)10-11-23-14-6-4-13(2)5-7-14/h4-9,12H,3,10-11H2,1-2H3/b17-12-. The van der Waals surface area contributed by atoms with Gasteiger partial charge in [-0.15, -0.1) is 11.3 Å². The molecule has 4 nitrogen and oxygen atoms in total. The third kappa shape index (κ3) is 4.32. The van der Waals surface area contributed by atoms with Gasteiger partial charge in [-0.1, -0.05) is 24.6 Å². The second kappa shape index (κ2) is 7.89. The molecule has 25 heavy (non-hydrogen) atoms. The minimum atomic E-state index is -0.242. The van der Waals surface area contributed by atoms with Gasteiger partial charge >= 0.3 is 0 Å². The van der Waals surface area contributed by atoms with Crippen LogP contribution in [-0.2, 0) is 11.2 Å². The molecule has 6 heteroatoms. The second-order valence-electron chi connectivity index (χ2n) is 5.65. The Morgan fingerprint density at radius 2 is 1.88 bits per heavy atom. The van der Waals surface area contributed by atoms with Crippen molar-refractivity contribution >= 4 is 40.3 Å². The number of nitrogens with zero attached hydrogens (tertiary/aromatic N) is 1. The summed E-state index contributed by atoms with van der Waals surface area (Å²) in [5, 5.41) is -0.240. The van der Waals surface area contributed by atoms with Gasteiger partial charge in [-0.2, -0.15) is 0 Å². The SMILES string of the molecule is CCc1ccc(/C=C2\SC(=O)N(CCOc3ccc(C)cc3)C2=O)s1. The van der Waals surface area contributed by atoms with E-state index in [0.717, 1.165) is 34.4 Å². The average Bonchev–Trinajstić information content (AvgIpc) is 3.16.